The second-order valence-electron chi connectivity index (χ2n) is 9.20. The number of carbonyl (C=O) groups is 2. The van der Waals surface area contributed by atoms with E-state index in [1.807, 2.05) is 30.3 Å². The molecule has 0 spiro atoms. The molecule has 0 atom stereocenters. The molecule has 3 aromatic rings. The zero-order chi connectivity index (χ0) is 32.4. The van der Waals surface area contributed by atoms with E-state index in [4.69, 9.17) is 29.8 Å². The number of H-pyrrole nitrogens is 1. The van der Waals surface area contributed by atoms with Gasteiger partial charge in [-0.1, -0.05) is 0 Å². The minimum Gasteiger partial charge on any atom is -0.492 e. The average molecular weight is 682 g/mol. The fourth-order valence-electron chi connectivity index (χ4n) is 3.85. The standard InChI is InChI=1S/C22H24BrN5O.2C2HF3O2/c1-28(18-6-2-15(13-24)3-7-18)10-11-29-19-8-4-16(5-9-19)21-26-20-12-17(23)14-25-22(20)27-21;2*3-2(4,5)1(6)7/h4-5,8-9,12,14-15,18H,2-3,6-7,10-11H2,1H3,(H,25,26,27);2*(H,6,7). The van der Waals surface area contributed by atoms with Gasteiger partial charge in [-0.05, 0) is 79.0 Å². The van der Waals surface area contributed by atoms with Crippen LogP contribution in [-0.4, -0.2) is 80.6 Å². The summed E-state index contributed by atoms with van der Waals surface area (Å²) < 4.78 is 70.3. The van der Waals surface area contributed by atoms with Crippen molar-refractivity contribution in [2.45, 2.75) is 44.1 Å². The van der Waals surface area contributed by atoms with Gasteiger partial charge in [-0.2, -0.15) is 31.6 Å². The van der Waals surface area contributed by atoms with Gasteiger partial charge in [0.15, 0.2) is 5.65 Å². The third-order valence-corrected chi connectivity index (χ3v) is 6.57. The number of rotatable bonds is 6. The number of nitrogens with one attached hydrogen (secondary N) is 1. The molecular formula is C26H26BrF6N5O5. The van der Waals surface area contributed by atoms with Crippen LogP contribution in [0.5, 0.6) is 5.75 Å². The van der Waals surface area contributed by atoms with Gasteiger partial charge >= 0.3 is 24.3 Å². The summed E-state index contributed by atoms with van der Waals surface area (Å²) in [5.41, 5.74) is 2.61. The first-order valence-electron chi connectivity index (χ1n) is 12.5. The number of alkyl halides is 6. The van der Waals surface area contributed by atoms with Gasteiger partial charge in [0, 0.05) is 34.7 Å². The first-order valence-corrected chi connectivity index (χ1v) is 13.2. The van der Waals surface area contributed by atoms with Crippen LogP contribution >= 0.6 is 15.9 Å². The molecule has 0 amide bonds. The summed E-state index contributed by atoms with van der Waals surface area (Å²) in [7, 11) is 2.15. The van der Waals surface area contributed by atoms with Crippen LogP contribution in [0.25, 0.3) is 22.6 Å². The molecule has 3 N–H and O–H groups in total. The molecule has 1 aromatic carbocycles. The van der Waals surface area contributed by atoms with Crippen molar-refractivity contribution in [3.05, 3.63) is 41.0 Å². The Morgan fingerprint density at radius 3 is 2.09 bits per heavy atom. The van der Waals surface area contributed by atoms with E-state index in [2.05, 4.69) is 48.9 Å². The molecule has 0 unspecified atom stereocenters. The van der Waals surface area contributed by atoms with E-state index in [1.165, 1.54) is 0 Å². The molecule has 0 radical (unpaired) electrons. The van der Waals surface area contributed by atoms with Gasteiger partial charge in [-0.3, -0.25) is 0 Å². The number of nitrogens with zero attached hydrogens (tertiary/aromatic N) is 4. The van der Waals surface area contributed by atoms with E-state index in [0.717, 1.165) is 65.0 Å². The lowest BCUT2D eigenvalue weighted by Crippen LogP contribution is -2.37. The van der Waals surface area contributed by atoms with Gasteiger partial charge in [-0.15, -0.1) is 0 Å². The molecule has 4 rings (SSSR count). The number of aromatic nitrogens is 3. The number of hydrogen-bond acceptors (Lipinski definition) is 7. The fourth-order valence-corrected chi connectivity index (χ4v) is 4.17. The Labute approximate surface area is 249 Å². The van der Waals surface area contributed by atoms with Gasteiger partial charge in [0.2, 0.25) is 0 Å². The number of ether oxygens (including phenoxy) is 1. The Balaban J connectivity index is 0.000000384. The topological polar surface area (TPSA) is 152 Å². The highest BCUT2D eigenvalue weighted by Gasteiger charge is 2.38. The molecule has 0 bridgehead atoms. The first kappa shape index (κ1) is 35.3. The van der Waals surface area contributed by atoms with Crippen LogP contribution < -0.4 is 4.74 Å². The van der Waals surface area contributed by atoms with Crippen molar-refractivity contribution < 1.29 is 50.9 Å². The van der Waals surface area contributed by atoms with Gasteiger partial charge in [0.05, 0.1) is 6.07 Å². The summed E-state index contributed by atoms with van der Waals surface area (Å²) in [5.74, 6) is -3.62. The number of hydrogen-bond donors (Lipinski definition) is 3. The number of likely N-dealkylation sites (N-methyl/N-ethyl adjacent to an activating group) is 1. The van der Waals surface area contributed by atoms with Crippen LogP contribution in [0.3, 0.4) is 0 Å². The lowest BCUT2D eigenvalue weighted by atomic mass is 9.86. The highest BCUT2D eigenvalue weighted by atomic mass is 79.9. The zero-order valence-electron chi connectivity index (χ0n) is 22.4. The molecule has 1 aliphatic carbocycles. The molecule has 43 heavy (non-hydrogen) atoms. The van der Waals surface area contributed by atoms with Crippen LogP contribution in [0.4, 0.5) is 26.3 Å². The van der Waals surface area contributed by atoms with Crippen molar-refractivity contribution in [2.75, 3.05) is 20.2 Å². The quantitative estimate of drug-likeness (QED) is 0.264. The number of nitriles is 1. The van der Waals surface area contributed by atoms with Crippen molar-refractivity contribution in [3.8, 4) is 23.2 Å². The number of aliphatic carboxylic acids is 2. The Kier molecular flexibility index (Phi) is 12.7. The smallest absolute Gasteiger partial charge is 0.490 e. The summed E-state index contributed by atoms with van der Waals surface area (Å²) in [6.07, 6.45) is -4.17. The molecular weight excluding hydrogens is 656 g/mol. The van der Waals surface area contributed by atoms with E-state index in [1.54, 1.807) is 6.20 Å². The zero-order valence-corrected chi connectivity index (χ0v) is 24.0. The van der Waals surface area contributed by atoms with E-state index < -0.39 is 24.3 Å². The number of fused-ring (bicyclic) bond motifs is 1. The summed E-state index contributed by atoms with van der Waals surface area (Å²) in [6.45, 7) is 1.53. The first-order chi connectivity index (χ1) is 20.0. The predicted octanol–water partition coefficient (Wildman–Crippen LogP) is 6.05. The molecule has 234 valence electrons. The van der Waals surface area contributed by atoms with Crippen LogP contribution in [0.15, 0.2) is 41.0 Å². The van der Waals surface area contributed by atoms with Crippen molar-refractivity contribution in [1.29, 1.82) is 5.26 Å². The third kappa shape index (κ3) is 11.7. The van der Waals surface area contributed by atoms with Crippen molar-refractivity contribution in [1.82, 2.24) is 19.9 Å². The van der Waals surface area contributed by atoms with E-state index in [9.17, 15) is 26.3 Å². The van der Waals surface area contributed by atoms with Crippen molar-refractivity contribution in [2.24, 2.45) is 5.92 Å². The van der Waals surface area contributed by atoms with E-state index in [-0.39, 0.29) is 5.92 Å². The van der Waals surface area contributed by atoms with Gasteiger partial charge in [0.25, 0.3) is 0 Å². The lowest BCUT2D eigenvalue weighted by molar-refractivity contribution is -0.193. The van der Waals surface area contributed by atoms with Gasteiger partial charge < -0.3 is 24.8 Å². The maximum Gasteiger partial charge on any atom is 0.490 e. The molecule has 0 saturated heterocycles. The maximum absolute atomic E-state index is 10.6. The second-order valence-corrected chi connectivity index (χ2v) is 10.1. The number of halogens is 7. The minimum atomic E-state index is -5.08. The number of carboxylic acid groups (broad SMARTS) is 2. The predicted molar refractivity (Wildman–Crippen MR) is 144 cm³/mol. The summed E-state index contributed by atoms with van der Waals surface area (Å²) in [6, 6.07) is 12.9. The summed E-state index contributed by atoms with van der Waals surface area (Å²) in [5, 5.41) is 23.3. The van der Waals surface area contributed by atoms with Crippen LogP contribution in [0, 0.1) is 17.2 Å². The van der Waals surface area contributed by atoms with Crippen LogP contribution in [-0.2, 0) is 9.59 Å². The van der Waals surface area contributed by atoms with Crippen molar-refractivity contribution >= 4 is 39.0 Å². The molecule has 1 saturated carbocycles. The number of benzene rings is 1. The highest BCUT2D eigenvalue weighted by molar-refractivity contribution is 9.10. The van der Waals surface area contributed by atoms with Crippen LogP contribution in [0.1, 0.15) is 25.7 Å². The Morgan fingerprint density at radius 1 is 1.07 bits per heavy atom. The number of imidazole rings is 1. The number of pyridine rings is 1. The van der Waals surface area contributed by atoms with Crippen LogP contribution in [0.2, 0.25) is 0 Å². The van der Waals surface area contributed by atoms with Gasteiger partial charge in [0.1, 0.15) is 23.7 Å². The Bertz CT molecular complexity index is 1380. The second kappa shape index (κ2) is 15.5. The molecule has 0 aliphatic heterocycles. The Hall–Kier alpha value is -3.91. The SMILES string of the molecule is CN(CCOc1ccc(-c2nc3cc(Br)cnc3[nH]2)cc1)C1CCC(C#N)CC1.O=C(O)C(F)(F)F.O=C(O)C(F)(F)F. The number of aromatic amines is 1. The minimum absolute atomic E-state index is 0.249. The summed E-state index contributed by atoms with van der Waals surface area (Å²) >= 11 is 3.42. The number of carboxylic acids is 2. The van der Waals surface area contributed by atoms with E-state index in [0.29, 0.717) is 12.6 Å². The largest absolute Gasteiger partial charge is 0.492 e. The normalized spacial score (nSPS) is 16.7. The van der Waals surface area contributed by atoms with E-state index >= 15 is 0 Å². The molecule has 1 aliphatic rings. The molecule has 1 fully saturated rings. The molecule has 2 aromatic heterocycles. The molecule has 17 heteroatoms. The fraction of sp³-hybridized carbons (Fsp3) is 0.423. The highest BCUT2D eigenvalue weighted by Crippen LogP contribution is 2.27. The third-order valence-electron chi connectivity index (χ3n) is 6.13. The summed E-state index contributed by atoms with van der Waals surface area (Å²) in [4.78, 5) is 32.3. The maximum atomic E-state index is 10.6. The van der Waals surface area contributed by atoms with Gasteiger partial charge in [-0.25, -0.2) is 19.6 Å². The lowest BCUT2D eigenvalue weighted by Gasteiger charge is -2.32. The average Bonchev–Trinajstić information content (AvgIpc) is 3.36. The van der Waals surface area contributed by atoms with Crippen molar-refractivity contribution in [3.63, 3.8) is 0 Å². The monoisotopic (exact) mass is 681 g/mol. The Morgan fingerprint density at radius 2 is 1.60 bits per heavy atom. The molecule has 2 heterocycles. The molecule has 10 nitrogen and oxygen atoms in total.